The number of carbonyl (C=O) groups is 1. The van der Waals surface area contributed by atoms with Crippen molar-refractivity contribution in [2.24, 2.45) is 0 Å². The predicted molar refractivity (Wildman–Crippen MR) is 106 cm³/mol. The van der Waals surface area contributed by atoms with Gasteiger partial charge in [-0.2, -0.15) is 5.10 Å². The van der Waals surface area contributed by atoms with Gasteiger partial charge in [0.05, 0.1) is 17.8 Å². The highest BCUT2D eigenvalue weighted by Gasteiger charge is 2.21. The second-order valence-electron chi connectivity index (χ2n) is 6.50. The molecule has 0 aliphatic carbocycles. The van der Waals surface area contributed by atoms with E-state index in [4.69, 9.17) is 0 Å². The smallest absolute Gasteiger partial charge is 0.231 e. The maximum Gasteiger partial charge on any atom is 0.231 e. The Balaban J connectivity index is 1.90. The van der Waals surface area contributed by atoms with Crippen LogP contribution in [-0.2, 0) is 11.2 Å². The number of anilines is 1. The number of hydrogen-bond donors (Lipinski definition) is 0. The fourth-order valence-corrected chi connectivity index (χ4v) is 3.35. The molecule has 1 amide bonds. The summed E-state index contributed by atoms with van der Waals surface area (Å²) in [4.78, 5) is 14.9. The van der Waals surface area contributed by atoms with Crippen LogP contribution in [0.5, 0.6) is 0 Å². The fourth-order valence-electron chi connectivity index (χ4n) is 3.35. The Kier molecular flexibility index (Phi) is 5.21. The third-order valence-electron chi connectivity index (χ3n) is 4.79. The van der Waals surface area contributed by atoms with Crippen LogP contribution in [0.3, 0.4) is 0 Å². The molecule has 0 spiro atoms. The monoisotopic (exact) mass is 347 g/mol. The van der Waals surface area contributed by atoms with E-state index in [1.54, 1.807) is 0 Å². The normalized spacial score (nSPS) is 10.8. The summed E-state index contributed by atoms with van der Waals surface area (Å²) in [6, 6.07) is 18.0. The lowest BCUT2D eigenvalue weighted by Gasteiger charge is -2.23. The zero-order chi connectivity index (χ0) is 18.7. The lowest BCUT2D eigenvalue weighted by molar-refractivity contribution is -0.118. The van der Waals surface area contributed by atoms with Gasteiger partial charge in [0.25, 0.3) is 0 Å². The van der Waals surface area contributed by atoms with Crippen LogP contribution < -0.4 is 4.90 Å². The van der Waals surface area contributed by atoms with Crippen molar-refractivity contribution in [3.05, 3.63) is 77.1 Å². The van der Waals surface area contributed by atoms with Crippen molar-refractivity contribution in [2.75, 3.05) is 11.4 Å². The number of aromatic nitrogens is 2. The summed E-state index contributed by atoms with van der Waals surface area (Å²) in [6.45, 7) is 8.69. The van der Waals surface area contributed by atoms with Gasteiger partial charge in [-0.1, -0.05) is 36.4 Å². The largest absolute Gasteiger partial charge is 0.312 e. The molecule has 0 fully saturated rings. The van der Waals surface area contributed by atoms with Crippen molar-refractivity contribution in [2.45, 2.75) is 34.1 Å². The van der Waals surface area contributed by atoms with Crippen LogP contribution in [0.15, 0.2) is 54.6 Å². The number of nitrogens with zero attached hydrogens (tertiary/aromatic N) is 3. The standard InChI is InChI=1S/C22H25N3O/c1-5-24(21-14-10-9-11-16(21)2)22(26)15-20-17(3)23-25(18(20)4)19-12-7-6-8-13-19/h6-14H,5,15H2,1-4H3. The van der Waals surface area contributed by atoms with Crippen molar-refractivity contribution in [1.29, 1.82) is 0 Å². The van der Waals surface area contributed by atoms with Crippen LogP contribution in [0.4, 0.5) is 5.69 Å². The third kappa shape index (κ3) is 3.40. The van der Waals surface area contributed by atoms with Crippen molar-refractivity contribution in [3.63, 3.8) is 0 Å². The molecule has 0 saturated carbocycles. The fraction of sp³-hybridized carbons (Fsp3) is 0.273. The molecule has 26 heavy (non-hydrogen) atoms. The van der Waals surface area contributed by atoms with Gasteiger partial charge in [0.15, 0.2) is 0 Å². The first-order chi connectivity index (χ1) is 12.5. The average molecular weight is 347 g/mol. The number of carbonyl (C=O) groups excluding carboxylic acids is 1. The third-order valence-corrected chi connectivity index (χ3v) is 4.79. The molecule has 1 aromatic heterocycles. The van der Waals surface area contributed by atoms with Gasteiger partial charge in [0, 0.05) is 23.5 Å². The zero-order valence-corrected chi connectivity index (χ0v) is 15.9. The zero-order valence-electron chi connectivity index (χ0n) is 15.9. The molecule has 0 atom stereocenters. The van der Waals surface area contributed by atoms with E-state index in [0.717, 1.165) is 33.9 Å². The SMILES string of the molecule is CCN(C(=O)Cc1c(C)nn(-c2ccccc2)c1C)c1ccccc1C. The van der Waals surface area contributed by atoms with Gasteiger partial charge in [-0.3, -0.25) is 4.79 Å². The van der Waals surface area contributed by atoms with E-state index in [-0.39, 0.29) is 5.91 Å². The van der Waals surface area contributed by atoms with Crippen LogP contribution in [0.2, 0.25) is 0 Å². The number of amides is 1. The Morgan fingerprint density at radius 3 is 2.31 bits per heavy atom. The average Bonchev–Trinajstić information content (AvgIpc) is 2.93. The van der Waals surface area contributed by atoms with Gasteiger partial charge in [0.1, 0.15) is 0 Å². The number of aryl methyl sites for hydroxylation is 2. The first kappa shape index (κ1) is 17.9. The van der Waals surface area contributed by atoms with E-state index >= 15 is 0 Å². The number of likely N-dealkylation sites (N-methyl/N-ethyl adjacent to an activating group) is 1. The molecule has 4 nitrogen and oxygen atoms in total. The second kappa shape index (κ2) is 7.56. The Labute approximate surface area is 155 Å². The first-order valence-electron chi connectivity index (χ1n) is 8.99. The van der Waals surface area contributed by atoms with Gasteiger partial charge in [-0.15, -0.1) is 0 Å². The highest BCUT2D eigenvalue weighted by molar-refractivity contribution is 5.95. The predicted octanol–water partition coefficient (Wildman–Crippen LogP) is 4.39. The van der Waals surface area contributed by atoms with Crippen molar-refractivity contribution >= 4 is 11.6 Å². The van der Waals surface area contributed by atoms with E-state index in [1.165, 1.54) is 0 Å². The van der Waals surface area contributed by atoms with E-state index in [1.807, 2.05) is 91.9 Å². The highest BCUT2D eigenvalue weighted by atomic mass is 16.2. The summed E-state index contributed by atoms with van der Waals surface area (Å²) in [7, 11) is 0. The van der Waals surface area contributed by atoms with Crippen molar-refractivity contribution < 1.29 is 4.79 Å². The van der Waals surface area contributed by atoms with Crippen LogP contribution in [0.25, 0.3) is 5.69 Å². The minimum Gasteiger partial charge on any atom is -0.312 e. The Morgan fingerprint density at radius 1 is 1.00 bits per heavy atom. The molecular weight excluding hydrogens is 322 g/mol. The number of rotatable bonds is 5. The van der Waals surface area contributed by atoms with E-state index in [2.05, 4.69) is 5.10 Å². The molecular formula is C22H25N3O. The van der Waals surface area contributed by atoms with Crippen LogP contribution >= 0.6 is 0 Å². The lowest BCUT2D eigenvalue weighted by Crippen LogP contribution is -2.32. The molecule has 0 bridgehead atoms. The Hall–Kier alpha value is -2.88. The van der Waals surface area contributed by atoms with Crippen LogP contribution in [-0.4, -0.2) is 22.2 Å². The molecule has 4 heteroatoms. The lowest BCUT2D eigenvalue weighted by atomic mass is 10.1. The quantitative estimate of drug-likeness (QED) is 0.686. The summed E-state index contributed by atoms with van der Waals surface area (Å²) in [6.07, 6.45) is 0.354. The van der Waals surface area contributed by atoms with E-state index in [9.17, 15) is 4.79 Å². The van der Waals surface area contributed by atoms with E-state index in [0.29, 0.717) is 13.0 Å². The van der Waals surface area contributed by atoms with Gasteiger partial charge in [-0.25, -0.2) is 4.68 Å². The first-order valence-corrected chi connectivity index (χ1v) is 8.99. The summed E-state index contributed by atoms with van der Waals surface area (Å²) < 4.78 is 1.92. The maximum absolute atomic E-state index is 13.0. The number of hydrogen-bond acceptors (Lipinski definition) is 2. The maximum atomic E-state index is 13.0. The van der Waals surface area contributed by atoms with Gasteiger partial charge in [-0.05, 0) is 51.5 Å². The molecule has 0 unspecified atom stereocenters. The van der Waals surface area contributed by atoms with Gasteiger partial charge in [0.2, 0.25) is 5.91 Å². The molecule has 3 rings (SSSR count). The van der Waals surface area contributed by atoms with Crippen molar-refractivity contribution in [1.82, 2.24) is 9.78 Å². The van der Waals surface area contributed by atoms with E-state index < -0.39 is 0 Å². The molecule has 3 aromatic rings. The van der Waals surface area contributed by atoms with Gasteiger partial charge >= 0.3 is 0 Å². The van der Waals surface area contributed by atoms with Crippen LogP contribution in [0.1, 0.15) is 29.4 Å². The molecule has 2 aromatic carbocycles. The van der Waals surface area contributed by atoms with Crippen LogP contribution in [0, 0.1) is 20.8 Å². The summed E-state index contributed by atoms with van der Waals surface area (Å²) >= 11 is 0. The number of para-hydroxylation sites is 2. The molecule has 0 aliphatic heterocycles. The number of benzene rings is 2. The molecule has 1 heterocycles. The minimum atomic E-state index is 0.0978. The molecule has 0 radical (unpaired) electrons. The summed E-state index contributed by atoms with van der Waals surface area (Å²) in [5.41, 5.74) is 6.02. The summed E-state index contributed by atoms with van der Waals surface area (Å²) in [5.74, 6) is 0.0978. The molecule has 0 saturated heterocycles. The van der Waals surface area contributed by atoms with Crippen molar-refractivity contribution in [3.8, 4) is 5.69 Å². The molecule has 134 valence electrons. The topological polar surface area (TPSA) is 38.1 Å². The summed E-state index contributed by atoms with van der Waals surface area (Å²) in [5, 5.41) is 4.65. The Bertz CT molecular complexity index is 912. The molecule has 0 N–H and O–H groups in total. The molecule has 0 aliphatic rings. The minimum absolute atomic E-state index is 0.0978. The van der Waals surface area contributed by atoms with Gasteiger partial charge < -0.3 is 4.90 Å². The highest BCUT2D eigenvalue weighted by Crippen LogP contribution is 2.23. The Morgan fingerprint density at radius 2 is 1.65 bits per heavy atom. The second-order valence-corrected chi connectivity index (χ2v) is 6.50.